The highest BCUT2D eigenvalue weighted by Crippen LogP contribution is 2.33. The molecule has 0 aliphatic carbocycles. The monoisotopic (exact) mass is 364 g/mol. The zero-order valence-electron chi connectivity index (χ0n) is 12.7. The predicted octanol–water partition coefficient (Wildman–Crippen LogP) is 2.97. The van der Waals surface area contributed by atoms with Crippen LogP contribution >= 0.6 is 11.6 Å². The summed E-state index contributed by atoms with van der Waals surface area (Å²) in [5, 5.41) is 24.7. The van der Waals surface area contributed by atoms with Crippen LogP contribution in [0, 0.1) is 5.21 Å². The zero-order chi connectivity index (χ0) is 18.0. The fraction of sp³-hybridized carbons (Fsp3) is 0.0667. The highest BCUT2D eigenvalue weighted by molar-refractivity contribution is 6.30. The third kappa shape index (κ3) is 3.58. The van der Waals surface area contributed by atoms with E-state index in [0.29, 0.717) is 10.8 Å². The molecule has 0 radical (unpaired) electrons. The number of hydrogen-bond donors (Lipinski definition) is 1. The van der Waals surface area contributed by atoms with Crippen molar-refractivity contribution in [1.29, 1.82) is 0 Å². The molecule has 10 heteroatoms. The van der Waals surface area contributed by atoms with Crippen LogP contribution in [0.15, 0.2) is 51.7 Å². The van der Waals surface area contributed by atoms with Gasteiger partial charge in [0.05, 0.1) is 18.5 Å². The molecule has 0 unspecified atom stereocenters. The second-order valence-electron chi connectivity index (χ2n) is 4.73. The van der Waals surface area contributed by atoms with Gasteiger partial charge in [-0.2, -0.15) is 4.68 Å². The topological polar surface area (TPSA) is 113 Å². The summed E-state index contributed by atoms with van der Waals surface area (Å²) in [7, 11) is 1.29. The molecule has 0 aliphatic heterocycles. The van der Waals surface area contributed by atoms with E-state index in [-0.39, 0.29) is 28.4 Å². The molecule has 0 aliphatic rings. The number of benzene rings is 2. The largest absolute Gasteiger partial charge is 0.733 e. The lowest BCUT2D eigenvalue weighted by atomic mass is 10.2. The van der Waals surface area contributed by atoms with Crippen LogP contribution in [0.2, 0.25) is 5.02 Å². The molecule has 3 rings (SSSR count). The third-order valence-corrected chi connectivity index (χ3v) is 3.39. The van der Waals surface area contributed by atoms with E-state index < -0.39 is 5.76 Å². The van der Waals surface area contributed by atoms with Gasteiger partial charge < -0.3 is 24.3 Å². The minimum absolute atomic E-state index is 0.0621. The number of anilines is 1. The number of hydrogen-bond acceptors (Lipinski definition) is 8. The second-order valence-corrected chi connectivity index (χ2v) is 5.17. The van der Waals surface area contributed by atoms with Gasteiger partial charge in [0.25, 0.3) is 0 Å². The van der Waals surface area contributed by atoms with Crippen LogP contribution < -0.4 is 20.5 Å². The maximum absolute atomic E-state index is 11.7. The lowest BCUT2D eigenvalue weighted by Crippen LogP contribution is -2.15. The van der Waals surface area contributed by atoms with E-state index in [0.717, 1.165) is 4.68 Å². The fourth-order valence-corrected chi connectivity index (χ4v) is 2.14. The van der Waals surface area contributed by atoms with Gasteiger partial charge in [0.15, 0.2) is 5.75 Å². The first-order chi connectivity index (χ1) is 12.0. The molecule has 3 aromatic rings. The Morgan fingerprint density at radius 2 is 2.00 bits per heavy atom. The molecular weight excluding hydrogens is 354 g/mol. The van der Waals surface area contributed by atoms with Crippen molar-refractivity contribution in [3.8, 4) is 23.3 Å². The first-order valence-corrected chi connectivity index (χ1v) is 7.24. The molecule has 130 valence electrons. The van der Waals surface area contributed by atoms with Crippen molar-refractivity contribution in [3.05, 3.63) is 63.2 Å². The molecule has 1 heterocycles. The summed E-state index contributed by atoms with van der Waals surface area (Å²) < 4.78 is 15.9. The van der Waals surface area contributed by atoms with Crippen LogP contribution in [0.5, 0.6) is 17.6 Å². The molecule has 25 heavy (non-hydrogen) atoms. The van der Waals surface area contributed by atoms with E-state index in [2.05, 4.69) is 5.10 Å². The Balaban J connectivity index is 1.99. The van der Waals surface area contributed by atoms with E-state index in [1.807, 2.05) is 0 Å². The summed E-state index contributed by atoms with van der Waals surface area (Å²) >= 11 is 5.80. The van der Waals surface area contributed by atoms with E-state index in [1.54, 1.807) is 24.3 Å². The van der Waals surface area contributed by atoms with Crippen molar-refractivity contribution < 1.29 is 19.1 Å². The smallest absolute Gasteiger partial charge is 0.444 e. The van der Waals surface area contributed by atoms with Crippen LogP contribution in [-0.2, 0) is 0 Å². The summed E-state index contributed by atoms with van der Waals surface area (Å²) in [4.78, 5) is 11.7. The summed E-state index contributed by atoms with van der Waals surface area (Å²) in [5.41, 5.74) is -0.0632. The summed E-state index contributed by atoms with van der Waals surface area (Å²) in [6.45, 7) is 0. The Hall–Kier alpha value is -3.01. The molecule has 2 aromatic carbocycles. The summed E-state index contributed by atoms with van der Waals surface area (Å²) in [6, 6.07) is 10.5. The highest BCUT2D eigenvalue weighted by atomic mass is 35.5. The Bertz CT molecular complexity index is 935. The van der Waals surface area contributed by atoms with Gasteiger partial charge in [-0.25, -0.2) is 4.79 Å². The van der Waals surface area contributed by atoms with Crippen LogP contribution in [0.3, 0.4) is 0 Å². The number of methoxy groups -OCH3 is 1. The van der Waals surface area contributed by atoms with Crippen LogP contribution in [0.4, 0.5) is 5.69 Å². The number of nitrogens with zero attached hydrogens (tertiary/aromatic N) is 3. The minimum atomic E-state index is -0.815. The maximum Gasteiger partial charge on any atom is 0.444 e. The van der Waals surface area contributed by atoms with Crippen molar-refractivity contribution in [1.82, 2.24) is 9.78 Å². The number of ether oxygens (including phenoxy) is 2. The molecule has 0 saturated heterocycles. The Morgan fingerprint density at radius 3 is 2.60 bits per heavy atom. The highest BCUT2D eigenvalue weighted by Gasteiger charge is 2.14. The van der Waals surface area contributed by atoms with Crippen molar-refractivity contribution in [2.75, 3.05) is 12.3 Å². The third-order valence-electron chi connectivity index (χ3n) is 3.14. The van der Waals surface area contributed by atoms with E-state index in [9.17, 15) is 15.2 Å². The average Bonchev–Trinajstić information content (AvgIpc) is 2.98. The fourth-order valence-electron chi connectivity index (χ4n) is 2.01. The first-order valence-electron chi connectivity index (χ1n) is 6.86. The molecule has 9 nitrogen and oxygen atoms in total. The van der Waals surface area contributed by atoms with Gasteiger partial charge in [-0.15, -0.1) is 0 Å². The molecule has 0 amide bonds. The summed E-state index contributed by atoms with van der Waals surface area (Å²) in [5.74, 6) is -0.350. The number of aromatic nitrogens is 2. The van der Waals surface area contributed by atoms with Crippen molar-refractivity contribution in [2.24, 2.45) is 0 Å². The normalized spacial score (nSPS) is 10.6. The average molecular weight is 365 g/mol. The van der Waals surface area contributed by atoms with Crippen molar-refractivity contribution in [3.63, 3.8) is 0 Å². The lowest BCUT2D eigenvalue weighted by Gasteiger charge is -2.24. The predicted molar refractivity (Wildman–Crippen MR) is 87.8 cm³/mol. The zero-order valence-corrected chi connectivity index (χ0v) is 13.5. The SMILES string of the molecule is COc1nn(-c2ccc(Oc3ccc(Cl)cc3)c(N([O-])O)c2)c(=O)o1. The van der Waals surface area contributed by atoms with Gasteiger partial charge in [0.1, 0.15) is 5.75 Å². The quantitative estimate of drug-likeness (QED) is 0.687. The van der Waals surface area contributed by atoms with E-state index >= 15 is 0 Å². The Kier molecular flexibility index (Phi) is 4.61. The van der Waals surface area contributed by atoms with Crippen LogP contribution in [-0.4, -0.2) is 22.1 Å². The summed E-state index contributed by atoms with van der Waals surface area (Å²) in [6.07, 6.45) is -0.240. The molecule has 0 spiro atoms. The molecular formula is C15H11ClN3O6-. The lowest BCUT2D eigenvalue weighted by molar-refractivity contribution is 0.282. The van der Waals surface area contributed by atoms with Gasteiger partial charge in [0, 0.05) is 5.02 Å². The molecule has 0 atom stereocenters. The first kappa shape index (κ1) is 16.8. The van der Waals surface area contributed by atoms with Gasteiger partial charge in [-0.3, -0.25) is 5.21 Å². The maximum atomic E-state index is 11.7. The standard InChI is InChI=1S/C15H11ClN3O6/c1-23-14-17-18(15(20)25-14)10-4-7-13(12(8-10)19(21)22)24-11-5-2-9(16)3-6-11/h2-8,21H,1H3/q-1. The van der Waals surface area contributed by atoms with E-state index in [1.165, 1.54) is 25.3 Å². The molecule has 0 saturated carbocycles. The van der Waals surface area contributed by atoms with Crippen LogP contribution in [0.1, 0.15) is 0 Å². The van der Waals surface area contributed by atoms with Crippen molar-refractivity contribution >= 4 is 17.3 Å². The van der Waals surface area contributed by atoms with Gasteiger partial charge in [0.2, 0.25) is 0 Å². The van der Waals surface area contributed by atoms with Gasteiger partial charge in [-0.05, 0) is 42.5 Å². The van der Waals surface area contributed by atoms with Gasteiger partial charge in [-0.1, -0.05) is 16.7 Å². The Morgan fingerprint density at radius 1 is 1.28 bits per heavy atom. The Labute approximate surface area is 145 Å². The van der Waals surface area contributed by atoms with Gasteiger partial charge >= 0.3 is 11.8 Å². The van der Waals surface area contributed by atoms with Crippen LogP contribution in [0.25, 0.3) is 5.69 Å². The molecule has 1 N–H and O–H groups in total. The number of halogens is 1. The second kappa shape index (κ2) is 6.85. The van der Waals surface area contributed by atoms with E-state index in [4.69, 9.17) is 25.5 Å². The van der Waals surface area contributed by atoms with Crippen molar-refractivity contribution in [2.45, 2.75) is 0 Å². The minimum Gasteiger partial charge on any atom is -0.733 e. The number of rotatable bonds is 5. The molecule has 0 bridgehead atoms. The molecule has 0 fully saturated rings. The molecule has 1 aromatic heterocycles.